The lowest BCUT2D eigenvalue weighted by molar-refractivity contribution is 0.0804. The summed E-state index contributed by atoms with van der Waals surface area (Å²) in [4.78, 5) is 2.18. The minimum atomic E-state index is 0.306. The lowest BCUT2D eigenvalue weighted by Gasteiger charge is -2.16. The van der Waals surface area contributed by atoms with E-state index in [1.165, 1.54) is 5.57 Å². The van der Waals surface area contributed by atoms with Crippen LogP contribution in [-0.2, 0) is 4.74 Å². The molecular weight excluding hydrogens is 174 g/mol. The van der Waals surface area contributed by atoms with E-state index in [1.54, 1.807) is 0 Å². The molecule has 0 radical (unpaired) electrons. The van der Waals surface area contributed by atoms with Crippen molar-refractivity contribution < 1.29 is 4.74 Å². The summed E-state index contributed by atoms with van der Waals surface area (Å²) in [6.45, 7) is 4.09. The molecule has 0 fully saturated rings. The Bertz CT molecular complexity index is 218. The van der Waals surface area contributed by atoms with Crippen LogP contribution in [0.2, 0.25) is 0 Å². The summed E-state index contributed by atoms with van der Waals surface area (Å²) in [6.07, 6.45) is 8.98. The van der Waals surface area contributed by atoms with E-state index in [1.807, 2.05) is 0 Å². The number of ether oxygens (including phenoxy) is 1. The molecule has 0 aliphatic heterocycles. The van der Waals surface area contributed by atoms with Gasteiger partial charge in [-0.3, -0.25) is 0 Å². The number of nitrogens with zero attached hydrogens (tertiary/aromatic N) is 1. The van der Waals surface area contributed by atoms with Gasteiger partial charge in [-0.1, -0.05) is 23.8 Å². The van der Waals surface area contributed by atoms with Crippen LogP contribution in [0, 0.1) is 0 Å². The Labute approximate surface area is 87.2 Å². The van der Waals surface area contributed by atoms with E-state index in [4.69, 9.17) is 4.74 Å². The topological polar surface area (TPSA) is 12.5 Å². The molecule has 0 aromatic carbocycles. The fraction of sp³-hybridized carbons (Fsp3) is 0.667. The van der Waals surface area contributed by atoms with Crippen molar-refractivity contribution in [2.45, 2.75) is 25.9 Å². The Morgan fingerprint density at radius 3 is 2.86 bits per heavy atom. The monoisotopic (exact) mass is 195 g/mol. The van der Waals surface area contributed by atoms with Crippen LogP contribution in [0.5, 0.6) is 0 Å². The van der Waals surface area contributed by atoms with Crippen LogP contribution < -0.4 is 0 Å². The van der Waals surface area contributed by atoms with Crippen LogP contribution in [0.4, 0.5) is 0 Å². The molecule has 0 aromatic heterocycles. The first-order valence-electron chi connectivity index (χ1n) is 5.30. The molecule has 2 nitrogen and oxygen atoms in total. The third-order valence-electron chi connectivity index (χ3n) is 2.33. The maximum absolute atomic E-state index is 5.72. The second-order valence-corrected chi connectivity index (χ2v) is 4.11. The largest absolute Gasteiger partial charge is 0.374 e. The second kappa shape index (κ2) is 5.99. The number of hydrogen-bond donors (Lipinski definition) is 0. The van der Waals surface area contributed by atoms with Gasteiger partial charge in [0.15, 0.2) is 0 Å². The first-order valence-corrected chi connectivity index (χ1v) is 5.30. The van der Waals surface area contributed by atoms with Gasteiger partial charge in [0.25, 0.3) is 0 Å². The third kappa shape index (κ3) is 4.58. The van der Waals surface area contributed by atoms with Gasteiger partial charge in [-0.25, -0.2) is 0 Å². The van der Waals surface area contributed by atoms with E-state index in [9.17, 15) is 0 Å². The van der Waals surface area contributed by atoms with Gasteiger partial charge >= 0.3 is 0 Å². The minimum Gasteiger partial charge on any atom is -0.374 e. The van der Waals surface area contributed by atoms with Crippen molar-refractivity contribution in [2.24, 2.45) is 0 Å². The maximum Gasteiger partial charge on any atom is 0.0793 e. The highest BCUT2D eigenvalue weighted by Crippen LogP contribution is 2.12. The molecule has 0 amide bonds. The number of hydrogen-bond acceptors (Lipinski definition) is 2. The van der Waals surface area contributed by atoms with Crippen molar-refractivity contribution in [2.75, 3.05) is 27.2 Å². The lowest BCUT2D eigenvalue weighted by atomic mass is 10.1. The molecule has 0 bridgehead atoms. The second-order valence-electron chi connectivity index (χ2n) is 4.11. The van der Waals surface area contributed by atoms with Gasteiger partial charge in [-0.05, 0) is 40.4 Å². The van der Waals surface area contributed by atoms with Crippen LogP contribution in [-0.4, -0.2) is 38.3 Å². The van der Waals surface area contributed by atoms with Crippen LogP contribution in [0.1, 0.15) is 19.8 Å². The van der Waals surface area contributed by atoms with Crippen LogP contribution in [0.3, 0.4) is 0 Å². The molecule has 0 N–H and O–H groups in total. The van der Waals surface area contributed by atoms with Crippen molar-refractivity contribution in [3.63, 3.8) is 0 Å². The molecule has 14 heavy (non-hydrogen) atoms. The molecule has 1 atom stereocenters. The molecule has 0 saturated carbocycles. The molecule has 0 spiro atoms. The van der Waals surface area contributed by atoms with Gasteiger partial charge in [-0.2, -0.15) is 0 Å². The summed E-state index contributed by atoms with van der Waals surface area (Å²) in [5.41, 5.74) is 1.35. The van der Waals surface area contributed by atoms with Crippen molar-refractivity contribution in [1.82, 2.24) is 4.90 Å². The van der Waals surface area contributed by atoms with Crippen molar-refractivity contribution in [3.8, 4) is 0 Å². The van der Waals surface area contributed by atoms with E-state index < -0.39 is 0 Å². The summed E-state index contributed by atoms with van der Waals surface area (Å²) in [7, 11) is 4.18. The Morgan fingerprint density at radius 1 is 1.50 bits per heavy atom. The first-order chi connectivity index (χ1) is 6.68. The van der Waals surface area contributed by atoms with Crippen LogP contribution in [0.25, 0.3) is 0 Å². The van der Waals surface area contributed by atoms with E-state index >= 15 is 0 Å². The van der Waals surface area contributed by atoms with Gasteiger partial charge in [0, 0.05) is 6.61 Å². The molecule has 1 unspecified atom stereocenters. The summed E-state index contributed by atoms with van der Waals surface area (Å²) >= 11 is 0. The van der Waals surface area contributed by atoms with E-state index in [0.717, 1.165) is 26.0 Å². The third-order valence-corrected chi connectivity index (χ3v) is 2.33. The first kappa shape index (κ1) is 11.5. The van der Waals surface area contributed by atoms with Gasteiger partial charge in [0.2, 0.25) is 0 Å². The highest BCUT2D eigenvalue weighted by molar-refractivity contribution is 5.21. The summed E-state index contributed by atoms with van der Waals surface area (Å²) in [5, 5.41) is 0. The quantitative estimate of drug-likeness (QED) is 0.624. The zero-order chi connectivity index (χ0) is 10.4. The fourth-order valence-electron chi connectivity index (χ4n) is 1.45. The average Bonchev–Trinajstić information content (AvgIpc) is 2.15. The highest BCUT2D eigenvalue weighted by atomic mass is 16.5. The summed E-state index contributed by atoms with van der Waals surface area (Å²) in [6, 6.07) is 0. The molecule has 1 rings (SSSR count). The Hall–Kier alpha value is -0.600. The van der Waals surface area contributed by atoms with Crippen LogP contribution in [0.15, 0.2) is 23.8 Å². The summed E-state index contributed by atoms with van der Waals surface area (Å²) in [5.74, 6) is 0. The molecule has 0 aromatic rings. The van der Waals surface area contributed by atoms with E-state index in [2.05, 4.69) is 44.1 Å². The Balaban J connectivity index is 2.06. The lowest BCUT2D eigenvalue weighted by Crippen LogP contribution is -2.17. The summed E-state index contributed by atoms with van der Waals surface area (Å²) < 4.78 is 5.72. The Kier molecular flexibility index (Phi) is 4.91. The molecule has 80 valence electrons. The molecule has 0 heterocycles. The predicted molar refractivity (Wildman–Crippen MR) is 60.4 cm³/mol. The molecular formula is C12H21NO. The van der Waals surface area contributed by atoms with E-state index in [-0.39, 0.29) is 0 Å². The maximum atomic E-state index is 5.72. The minimum absolute atomic E-state index is 0.306. The number of allylic oxidation sites excluding steroid dienone is 2. The predicted octanol–water partition coefficient (Wildman–Crippen LogP) is 2.23. The van der Waals surface area contributed by atoms with Gasteiger partial charge < -0.3 is 9.64 Å². The van der Waals surface area contributed by atoms with E-state index in [0.29, 0.717) is 6.10 Å². The SMILES string of the molecule is CC1=CCC(OCCCN(C)C)C=C1. The molecule has 0 saturated heterocycles. The van der Waals surface area contributed by atoms with Crippen molar-refractivity contribution in [3.05, 3.63) is 23.8 Å². The number of rotatable bonds is 5. The Morgan fingerprint density at radius 2 is 2.29 bits per heavy atom. The normalized spacial score (nSPS) is 21.4. The van der Waals surface area contributed by atoms with Crippen LogP contribution >= 0.6 is 0 Å². The van der Waals surface area contributed by atoms with Gasteiger partial charge in [0.05, 0.1) is 6.10 Å². The van der Waals surface area contributed by atoms with Crippen molar-refractivity contribution >= 4 is 0 Å². The smallest absolute Gasteiger partial charge is 0.0793 e. The average molecular weight is 195 g/mol. The fourth-order valence-corrected chi connectivity index (χ4v) is 1.45. The highest BCUT2D eigenvalue weighted by Gasteiger charge is 2.06. The van der Waals surface area contributed by atoms with Gasteiger partial charge in [-0.15, -0.1) is 0 Å². The van der Waals surface area contributed by atoms with Crippen molar-refractivity contribution in [1.29, 1.82) is 0 Å². The van der Waals surface area contributed by atoms with Gasteiger partial charge in [0.1, 0.15) is 0 Å². The standard InChI is InChI=1S/C12H21NO/c1-11-5-7-12(8-6-11)14-10-4-9-13(2)3/h5-7,12H,4,8-10H2,1-3H3. The molecule has 2 heteroatoms. The zero-order valence-electron chi connectivity index (χ0n) is 9.49. The molecule has 1 aliphatic carbocycles. The molecule has 1 aliphatic rings. The zero-order valence-corrected chi connectivity index (χ0v) is 9.49.